The van der Waals surface area contributed by atoms with Crippen LogP contribution in [-0.4, -0.2) is 46.1 Å². The van der Waals surface area contributed by atoms with Gasteiger partial charge in [0, 0.05) is 6.42 Å². The number of hydrogen-bond acceptors (Lipinski definition) is 4. The molecule has 18 heavy (non-hydrogen) atoms. The highest BCUT2D eigenvalue weighted by atomic mass is 19.1. The lowest BCUT2D eigenvalue weighted by Crippen LogP contribution is -2.45. The lowest BCUT2D eigenvalue weighted by molar-refractivity contribution is -0.145. The number of alkyl halides is 1. The second kappa shape index (κ2) is 6.18. The van der Waals surface area contributed by atoms with Gasteiger partial charge in [0.2, 0.25) is 0 Å². The molecule has 1 amide bonds. The molecule has 0 aliphatic heterocycles. The Kier molecular flexibility index (Phi) is 5.54. The van der Waals surface area contributed by atoms with Crippen LogP contribution >= 0.6 is 0 Å². The van der Waals surface area contributed by atoms with Crippen molar-refractivity contribution in [2.75, 3.05) is 0 Å². The highest BCUT2D eigenvalue weighted by Crippen LogP contribution is 2.09. The highest BCUT2D eigenvalue weighted by molar-refractivity contribution is 5.81. The zero-order chi connectivity index (χ0) is 14.5. The third kappa shape index (κ3) is 6.66. The lowest BCUT2D eigenvalue weighted by atomic mass is 10.1. The Labute approximate surface area is 103 Å². The van der Waals surface area contributed by atoms with Gasteiger partial charge in [0.15, 0.2) is 6.17 Å². The van der Waals surface area contributed by atoms with Crippen LogP contribution in [0, 0.1) is 0 Å². The first-order valence-corrected chi connectivity index (χ1v) is 5.12. The molecular formula is C10H16FNO6. The molecule has 0 fully saturated rings. The summed E-state index contributed by atoms with van der Waals surface area (Å²) in [6.45, 7) is 4.70. The molecule has 0 aliphatic carbocycles. The minimum atomic E-state index is -2.37. The largest absolute Gasteiger partial charge is 0.480 e. The van der Waals surface area contributed by atoms with E-state index in [1.165, 1.54) is 0 Å². The number of amides is 1. The SMILES string of the molecule is CC(C)(C)OC(=O)N[C@@H](C[C@H](F)C(=O)O)C(=O)O. The van der Waals surface area contributed by atoms with Gasteiger partial charge in [0.1, 0.15) is 11.6 Å². The Bertz CT molecular complexity index is 338. The lowest BCUT2D eigenvalue weighted by Gasteiger charge is -2.22. The van der Waals surface area contributed by atoms with E-state index >= 15 is 0 Å². The number of aliphatic carboxylic acids is 2. The number of carbonyl (C=O) groups excluding carboxylic acids is 1. The van der Waals surface area contributed by atoms with Gasteiger partial charge in [0.05, 0.1) is 0 Å². The summed E-state index contributed by atoms with van der Waals surface area (Å²) in [6.07, 6.45) is -4.29. The second-order valence-corrected chi connectivity index (χ2v) is 4.58. The molecule has 8 heteroatoms. The third-order valence-corrected chi connectivity index (χ3v) is 1.70. The van der Waals surface area contributed by atoms with Crippen LogP contribution in [0.25, 0.3) is 0 Å². The van der Waals surface area contributed by atoms with Gasteiger partial charge in [-0.2, -0.15) is 0 Å². The Morgan fingerprint density at radius 1 is 1.22 bits per heavy atom. The van der Waals surface area contributed by atoms with Gasteiger partial charge in [-0.3, -0.25) is 0 Å². The number of nitrogens with one attached hydrogen (secondary N) is 1. The highest BCUT2D eigenvalue weighted by Gasteiger charge is 2.29. The Balaban J connectivity index is 4.50. The minimum absolute atomic E-state index is 0.838. The summed E-state index contributed by atoms with van der Waals surface area (Å²) in [6, 6.07) is -1.66. The Hall–Kier alpha value is -1.86. The van der Waals surface area contributed by atoms with E-state index in [1.807, 2.05) is 5.32 Å². The first kappa shape index (κ1) is 16.1. The number of carboxylic acids is 2. The van der Waals surface area contributed by atoms with Crippen molar-refractivity contribution in [2.24, 2.45) is 0 Å². The molecule has 0 aromatic carbocycles. The van der Waals surface area contributed by atoms with E-state index in [2.05, 4.69) is 0 Å². The quantitative estimate of drug-likeness (QED) is 0.677. The molecular weight excluding hydrogens is 249 g/mol. The zero-order valence-electron chi connectivity index (χ0n) is 10.3. The molecule has 0 radical (unpaired) electrons. The van der Waals surface area contributed by atoms with Crippen LogP contribution in [0.4, 0.5) is 9.18 Å². The first-order chi connectivity index (χ1) is 8.03. The van der Waals surface area contributed by atoms with Crippen molar-refractivity contribution in [3.63, 3.8) is 0 Å². The molecule has 0 spiro atoms. The van der Waals surface area contributed by atoms with E-state index in [1.54, 1.807) is 20.8 Å². The smallest absolute Gasteiger partial charge is 0.408 e. The molecule has 7 nitrogen and oxygen atoms in total. The number of hydrogen-bond donors (Lipinski definition) is 3. The van der Waals surface area contributed by atoms with Gasteiger partial charge in [-0.15, -0.1) is 0 Å². The number of ether oxygens (including phenoxy) is 1. The molecule has 0 saturated heterocycles. The summed E-state index contributed by atoms with van der Waals surface area (Å²) in [5.41, 5.74) is -0.838. The number of carbonyl (C=O) groups is 3. The fraction of sp³-hybridized carbons (Fsp3) is 0.700. The molecule has 0 aromatic rings. The molecule has 0 aromatic heterocycles. The van der Waals surface area contributed by atoms with Crippen molar-refractivity contribution >= 4 is 18.0 Å². The van der Waals surface area contributed by atoms with E-state index in [-0.39, 0.29) is 0 Å². The maximum Gasteiger partial charge on any atom is 0.408 e. The maximum atomic E-state index is 12.9. The molecule has 0 saturated carbocycles. The van der Waals surface area contributed by atoms with Crippen LogP contribution < -0.4 is 5.32 Å². The summed E-state index contributed by atoms with van der Waals surface area (Å²) < 4.78 is 17.6. The van der Waals surface area contributed by atoms with Crippen molar-refractivity contribution in [2.45, 2.75) is 45.0 Å². The summed E-state index contributed by atoms with van der Waals surface area (Å²) in [4.78, 5) is 32.2. The summed E-state index contributed by atoms with van der Waals surface area (Å²) >= 11 is 0. The Morgan fingerprint density at radius 3 is 2.06 bits per heavy atom. The number of rotatable bonds is 5. The first-order valence-electron chi connectivity index (χ1n) is 5.12. The summed E-state index contributed by atoms with van der Waals surface area (Å²) in [7, 11) is 0. The predicted octanol–water partition coefficient (Wildman–Crippen LogP) is 0.777. The van der Waals surface area contributed by atoms with Crippen molar-refractivity contribution in [3.8, 4) is 0 Å². The van der Waals surface area contributed by atoms with Crippen LogP contribution in [-0.2, 0) is 14.3 Å². The second-order valence-electron chi connectivity index (χ2n) is 4.58. The van der Waals surface area contributed by atoms with Crippen LogP contribution in [0.3, 0.4) is 0 Å². The number of alkyl carbamates (subject to hydrolysis) is 1. The third-order valence-electron chi connectivity index (χ3n) is 1.70. The molecule has 0 rings (SSSR count). The van der Waals surface area contributed by atoms with E-state index < -0.39 is 42.3 Å². The normalized spacial score (nSPS) is 14.4. The van der Waals surface area contributed by atoms with E-state index in [0.29, 0.717) is 0 Å². The van der Waals surface area contributed by atoms with Crippen molar-refractivity contribution < 1.29 is 33.7 Å². The topological polar surface area (TPSA) is 113 Å². The molecule has 0 heterocycles. The van der Waals surface area contributed by atoms with Crippen LogP contribution in [0.15, 0.2) is 0 Å². The minimum Gasteiger partial charge on any atom is -0.480 e. The van der Waals surface area contributed by atoms with E-state index in [4.69, 9.17) is 14.9 Å². The average Bonchev–Trinajstić information content (AvgIpc) is 2.12. The number of halogens is 1. The molecule has 104 valence electrons. The Morgan fingerprint density at radius 2 is 1.72 bits per heavy atom. The summed E-state index contributed by atoms with van der Waals surface area (Å²) in [5.74, 6) is -3.32. The van der Waals surface area contributed by atoms with Crippen molar-refractivity contribution in [1.29, 1.82) is 0 Å². The molecule has 0 aliphatic rings. The molecule has 0 unspecified atom stereocenters. The van der Waals surface area contributed by atoms with Gasteiger partial charge in [-0.25, -0.2) is 18.8 Å². The van der Waals surface area contributed by atoms with Crippen LogP contribution in [0.1, 0.15) is 27.2 Å². The monoisotopic (exact) mass is 265 g/mol. The summed E-state index contributed by atoms with van der Waals surface area (Å²) in [5, 5.41) is 18.9. The van der Waals surface area contributed by atoms with Gasteiger partial charge in [0.25, 0.3) is 0 Å². The van der Waals surface area contributed by atoms with Gasteiger partial charge in [-0.1, -0.05) is 0 Å². The molecule has 2 atom stereocenters. The number of carboxylic acid groups (broad SMARTS) is 2. The van der Waals surface area contributed by atoms with E-state index in [0.717, 1.165) is 0 Å². The van der Waals surface area contributed by atoms with E-state index in [9.17, 15) is 18.8 Å². The fourth-order valence-corrected chi connectivity index (χ4v) is 0.979. The standard InChI is InChI=1S/C10H16FNO6/c1-10(2,3)18-9(17)12-6(8(15)16)4-5(11)7(13)14/h5-6H,4H2,1-3H3,(H,12,17)(H,13,14)(H,15,16)/t5-,6-/m0/s1. The molecule has 3 N–H and O–H groups in total. The van der Waals surface area contributed by atoms with Gasteiger partial charge >= 0.3 is 18.0 Å². The zero-order valence-corrected chi connectivity index (χ0v) is 10.3. The van der Waals surface area contributed by atoms with Gasteiger partial charge < -0.3 is 20.3 Å². The fourth-order valence-electron chi connectivity index (χ4n) is 0.979. The van der Waals surface area contributed by atoms with Crippen LogP contribution in [0.5, 0.6) is 0 Å². The maximum absolute atomic E-state index is 12.9. The van der Waals surface area contributed by atoms with Crippen LogP contribution in [0.2, 0.25) is 0 Å². The van der Waals surface area contributed by atoms with Gasteiger partial charge in [-0.05, 0) is 20.8 Å². The average molecular weight is 265 g/mol. The molecule has 0 bridgehead atoms. The predicted molar refractivity (Wildman–Crippen MR) is 57.9 cm³/mol. The van der Waals surface area contributed by atoms with Crippen molar-refractivity contribution in [3.05, 3.63) is 0 Å². The van der Waals surface area contributed by atoms with Crippen molar-refractivity contribution in [1.82, 2.24) is 5.32 Å².